The molecule has 5 heteroatoms. The lowest BCUT2D eigenvalue weighted by Crippen LogP contribution is -2.11. The number of unbranched alkanes of at least 4 members (excludes halogenated alkanes) is 4. The molecule has 1 N–H and O–H groups in total. The highest BCUT2D eigenvalue weighted by Crippen LogP contribution is 2.05. The summed E-state index contributed by atoms with van der Waals surface area (Å²) in [4.78, 5) is 23.4. The summed E-state index contributed by atoms with van der Waals surface area (Å²) in [7, 11) is 0. The Hall–Kier alpha value is -1.74. The van der Waals surface area contributed by atoms with Crippen LogP contribution < -0.4 is 5.56 Å². The normalized spacial score (nSPS) is 9.75. The second kappa shape index (κ2) is 7.54. The van der Waals surface area contributed by atoms with Crippen molar-refractivity contribution in [2.75, 3.05) is 0 Å². The summed E-state index contributed by atoms with van der Waals surface area (Å²) in [5.41, 5.74) is -0.207. The van der Waals surface area contributed by atoms with Crippen molar-refractivity contribution in [2.45, 2.75) is 38.5 Å². The van der Waals surface area contributed by atoms with Gasteiger partial charge in [-0.15, -0.1) is 5.10 Å². The highest BCUT2D eigenvalue weighted by molar-refractivity contribution is 5.44. The second-order valence-corrected chi connectivity index (χ2v) is 3.56. The lowest BCUT2D eigenvalue weighted by molar-refractivity contribution is 0.567. The molecule has 1 aromatic heterocycles. The van der Waals surface area contributed by atoms with Crippen LogP contribution in [0.2, 0.25) is 0 Å². The molecule has 0 saturated heterocycles. The van der Waals surface area contributed by atoms with Crippen LogP contribution in [0.25, 0.3) is 0 Å². The van der Waals surface area contributed by atoms with Crippen molar-refractivity contribution in [3.63, 3.8) is 0 Å². The van der Waals surface area contributed by atoms with Crippen molar-refractivity contribution >= 4 is 5.94 Å². The highest BCUT2D eigenvalue weighted by Gasteiger charge is 1.96. The average Bonchev–Trinajstić information content (AvgIpc) is 2.28. The predicted octanol–water partition coefficient (Wildman–Crippen LogP) is 1.05. The number of hydrogen-bond acceptors (Lipinski definition) is 4. The van der Waals surface area contributed by atoms with E-state index in [1.54, 1.807) is 5.94 Å². The van der Waals surface area contributed by atoms with Crippen LogP contribution in [-0.2, 0) is 11.2 Å². The maximum atomic E-state index is 10.9. The van der Waals surface area contributed by atoms with Gasteiger partial charge in [-0.2, -0.15) is 5.10 Å². The van der Waals surface area contributed by atoms with E-state index in [-0.39, 0.29) is 5.56 Å². The fourth-order valence-electron chi connectivity index (χ4n) is 1.41. The molecular weight excluding hydrogens is 206 g/mol. The van der Waals surface area contributed by atoms with Crippen LogP contribution >= 0.6 is 0 Å². The Kier molecular flexibility index (Phi) is 5.81. The summed E-state index contributed by atoms with van der Waals surface area (Å²) in [6.07, 6.45) is 8.33. The van der Waals surface area contributed by atoms with E-state index in [4.69, 9.17) is 0 Å². The zero-order chi connectivity index (χ0) is 11.6. The van der Waals surface area contributed by atoms with E-state index in [0.29, 0.717) is 5.82 Å². The second-order valence-electron chi connectivity index (χ2n) is 3.56. The maximum absolute atomic E-state index is 10.9. The van der Waals surface area contributed by atoms with Crippen molar-refractivity contribution in [1.82, 2.24) is 15.2 Å². The molecule has 86 valence electrons. The lowest BCUT2D eigenvalue weighted by atomic mass is 10.1. The molecule has 0 unspecified atom stereocenters. The molecule has 0 atom stereocenters. The number of aromatic nitrogens is 3. The summed E-state index contributed by atoms with van der Waals surface area (Å²) in [5.74, 6) is 2.40. The smallest absolute Gasteiger partial charge is 0.269 e. The van der Waals surface area contributed by atoms with Crippen molar-refractivity contribution in [2.24, 2.45) is 0 Å². The molecule has 0 aliphatic rings. The number of rotatable bonds is 7. The maximum Gasteiger partial charge on any atom is 0.269 e. The van der Waals surface area contributed by atoms with Gasteiger partial charge in [-0.3, -0.25) is 4.79 Å². The molecule has 0 spiro atoms. The van der Waals surface area contributed by atoms with Gasteiger partial charge in [0.2, 0.25) is 0 Å². The Morgan fingerprint density at radius 3 is 2.88 bits per heavy atom. The number of aryl methyl sites for hydroxylation is 1. The SMILES string of the molecule is O=C=CCCCCCCc1nncc(=O)[nH]1. The summed E-state index contributed by atoms with van der Waals surface area (Å²) in [6, 6.07) is 0. The van der Waals surface area contributed by atoms with Gasteiger partial charge in [0, 0.05) is 6.42 Å². The van der Waals surface area contributed by atoms with Gasteiger partial charge < -0.3 is 4.98 Å². The van der Waals surface area contributed by atoms with Gasteiger partial charge in [-0.1, -0.05) is 12.8 Å². The van der Waals surface area contributed by atoms with Gasteiger partial charge in [0.1, 0.15) is 18.0 Å². The third kappa shape index (κ3) is 5.22. The van der Waals surface area contributed by atoms with Crippen LogP contribution in [0.4, 0.5) is 0 Å². The molecule has 1 rings (SSSR count). The summed E-state index contributed by atoms with van der Waals surface area (Å²) in [5, 5.41) is 7.41. The van der Waals surface area contributed by atoms with Crippen molar-refractivity contribution in [1.29, 1.82) is 0 Å². The largest absolute Gasteiger partial charge is 0.308 e. The van der Waals surface area contributed by atoms with Crippen LogP contribution in [0.1, 0.15) is 37.9 Å². The first-order chi connectivity index (χ1) is 7.83. The zero-order valence-electron chi connectivity index (χ0n) is 9.11. The Morgan fingerprint density at radius 1 is 1.31 bits per heavy atom. The molecule has 0 bridgehead atoms. The molecule has 0 amide bonds. The molecule has 0 radical (unpaired) electrons. The first-order valence-electron chi connectivity index (χ1n) is 5.43. The number of carbonyl (C=O) groups excluding carboxylic acids is 1. The minimum absolute atomic E-state index is 0.207. The van der Waals surface area contributed by atoms with Gasteiger partial charge in [0.05, 0.1) is 0 Å². The minimum atomic E-state index is -0.207. The Bertz CT molecular complexity index is 408. The highest BCUT2D eigenvalue weighted by atomic mass is 16.1. The molecule has 0 saturated carbocycles. The van der Waals surface area contributed by atoms with Crippen molar-refractivity contribution < 1.29 is 4.79 Å². The van der Waals surface area contributed by atoms with E-state index < -0.39 is 0 Å². The molecule has 16 heavy (non-hydrogen) atoms. The van der Waals surface area contributed by atoms with Gasteiger partial charge in [0.15, 0.2) is 0 Å². The number of allylic oxidation sites excluding steroid dienone is 1. The summed E-state index contributed by atoms with van der Waals surface area (Å²) in [6.45, 7) is 0. The average molecular weight is 221 g/mol. The number of nitrogens with one attached hydrogen (secondary N) is 1. The topological polar surface area (TPSA) is 75.7 Å². The van der Waals surface area contributed by atoms with Gasteiger partial charge in [0.25, 0.3) is 5.56 Å². The van der Waals surface area contributed by atoms with Gasteiger partial charge in [-0.25, -0.2) is 4.79 Å². The van der Waals surface area contributed by atoms with Crippen LogP contribution in [0.5, 0.6) is 0 Å². The van der Waals surface area contributed by atoms with E-state index in [1.807, 2.05) is 0 Å². The predicted molar refractivity (Wildman–Crippen MR) is 59.7 cm³/mol. The van der Waals surface area contributed by atoms with Gasteiger partial charge >= 0.3 is 0 Å². The van der Waals surface area contributed by atoms with Crippen LogP contribution in [0, 0.1) is 0 Å². The van der Waals surface area contributed by atoms with Gasteiger partial charge in [-0.05, 0) is 25.3 Å². The third-order valence-electron chi connectivity index (χ3n) is 2.22. The third-order valence-corrected chi connectivity index (χ3v) is 2.22. The molecule has 5 nitrogen and oxygen atoms in total. The van der Waals surface area contributed by atoms with E-state index in [2.05, 4.69) is 15.2 Å². The zero-order valence-corrected chi connectivity index (χ0v) is 9.11. The number of nitrogens with zero attached hydrogens (tertiary/aromatic N) is 2. The first-order valence-corrected chi connectivity index (χ1v) is 5.43. The Morgan fingerprint density at radius 2 is 2.12 bits per heavy atom. The van der Waals surface area contributed by atoms with E-state index in [1.165, 1.54) is 6.08 Å². The molecular formula is C11H15N3O2. The molecule has 1 heterocycles. The van der Waals surface area contributed by atoms with Crippen molar-refractivity contribution in [3.05, 3.63) is 28.5 Å². The monoisotopic (exact) mass is 221 g/mol. The molecule has 0 aliphatic heterocycles. The molecule has 0 fully saturated rings. The van der Waals surface area contributed by atoms with E-state index >= 15 is 0 Å². The Labute approximate surface area is 93.6 Å². The van der Waals surface area contributed by atoms with Crippen LogP contribution in [-0.4, -0.2) is 21.1 Å². The minimum Gasteiger partial charge on any atom is -0.308 e. The molecule has 0 aromatic carbocycles. The lowest BCUT2D eigenvalue weighted by Gasteiger charge is -1.99. The fourth-order valence-corrected chi connectivity index (χ4v) is 1.41. The summed E-state index contributed by atoms with van der Waals surface area (Å²) >= 11 is 0. The number of hydrogen-bond donors (Lipinski definition) is 1. The summed E-state index contributed by atoms with van der Waals surface area (Å²) < 4.78 is 0. The standard InChI is InChI=1S/C11H15N3O2/c15-8-6-4-2-1-3-5-7-10-13-11(16)9-12-14-10/h6,9H,1-5,7H2,(H,13,14,16). The van der Waals surface area contributed by atoms with E-state index in [0.717, 1.165) is 44.7 Å². The quantitative estimate of drug-likeness (QED) is 0.551. The van der Waals surface area contributed by atoms with E-state index in [9.17, 15) is 9.59 Å². The molecule has 1 aromatic rings. The molecule has 0 aliphatic carbocycles. The first kappa shape index (κ1) is 12.3. The van der Waals surface area contributed by atoms with Crippen LogP contribution in [0.15, 0.2) is 17.1 Å². The fraction of sp³-hybridized carbons (Fsp3) is 0.545. The van der Waals surface area contributed by atoms with Crippen LogP contribution in [0.3, 0.4) is 0 Å². The Balaban J connectivity index is 2.11. The number of H-pyrrole nitrogens is 1. The van der Waals surface area contributed by atoms with Crippen molar-refractivity contribution in [3.8, 4) is 0 Å². The number of aromatic amines is 1.